The molecule has 0 aliphatic heterocycles. The monoisotopic (exact) mass is 377 g/mol. The van der Waals surface area contributed by atoms with Crippen LogP contribution in [0.2, 0.25) is 0 Å². The van der Waals surface area contributed by atoms with Gasteiger partial charge in [0, 0.05) is 18.1 Å². The number of hydrogen-bond donors (Lipinski definition) is 1. The topological polar surface area (TPSA) is 64.6 Å². The average molecular weight is 377 g/mol. The Bertz CT molecular complexity index is 793. The van der Waals surface area contributed by atoms with Crippen LogP contribution >= 0.6 is 0 Å². The van der Waals surface area contributed by atoms with Gasteiger partial charge in [-0.2, -0.15) is 0 Å². The normalized spacial score (nSPS) is 11.6. The molecule has 0 bridgehead atoms. The van der Waals surface area contributed by atoms with Crippen molar-refractivity contribution in [2.45, 2.75) is 25.8 Å². The predicted octanol–water partition coefficient (Wildman–Crippen LogP) is 3.33. The minimum Gasteiger partial charge on any atom is -0.497 e. The molecular formula is C20H21F2NO4. The standard InChI is InChI=1S/C20H21F2NO4/c1-13(17-9-6-15(21)11-18(17)22)23-19(24)12-27-20(25)10-5-14-3-7-16(26-2)8-4-14/h3-4,6-9,11,13H,5,10,12H2,1-2H3,(H,23,24)/t13-/m1/s1. The van der Waals surface area contributed by atoms with Gasteiger partial charge in [-0.1, -0.05) is 18.2 Å². The molecule has 0 unspecified atom stereocenters. The van der Waals surface area contributed by atoms with Gasteiger partial charge in [0.15, 0.2) is 6.61 Å². The number of benzene rings is 2. The predicted molar refractivity (Wildman–Crippen MR) is 95.2 cm³/mol. The highest BCUT2D eigenvalue weighted by molar-refractivity contribution is 5.80. The Morgan fingerprint density at radius 2 is 1.81 bits per heavy atom. The highest BCUT2D eigenvalue weighted by Crippen LogP contribution is 2.17. The highest BCUT2D eigenvalue weighted by Gasteiger charge is 2.15. The van der Waals surface area contributed by atoms with Crippen molar-refractivity contribution in [1.29, 1.82) is 0 Å². The number of ether oxygens (including phenoxy) is 2. The minimum absolute atomic E-state index is 0.127. The summed E-state index contributed by atoms with van der Waals surface area (Å²) < 4.78 is 36.6. The third kappa shape index (κ3) is 6.36. The summed E-state index contributed by atoms with van der Waals surface area (Å²) in [6.07, 6.45) is 0.601. The quantitative estimate of drug-likeness (QED) is 0.717. The Morgan fingerprint density at radius 3 is 2.44 bits per heavy atom. The number of hydrogen-bond acceptors (Lipinski definition) is 4. The maximum absolute atomic E-state index is 13.7. The van der Waals surface area contributed by atoms with Crippen LogP contribution in [0.15, 0.2) is 42.5 Å². The number of halogens is 2. The lowest BCUT2D eigenvalue weighted by molar-refractivity contribution is -0.148. The van der Waals surface area contributed by atoms with Crippen molar-refractivity contribution in [2.24, 2.45) is 0 Å². The molecule has 2 aromatic rings. The van der Waals surface area contributed by atoms with Crippen molar-refractivity contribution in [3.8, 4) is 5.75 Å². The van der Waals surface area contributed by atoms with E-state index in [1.807, 2.05) is 12.1 Å². The van der Waals surface area contributed by atoms with Crippen LogP contribution in [0.25, 0.3) is 0 Å². The molecule has 1 atom stereocenters. The van der Waals surface area contributed by atoms with Gasteiger partial charge in [0.1, 0.15) is 17.4 Å². The molecule has 2 aromatic carbocycles. The molecule has 0 fully saturated rings. The third-order valence-electron chi connectivity index (χ3n) is 3.95. The van der Waals surface area contributed by atoms with Crippen molar-refractivity contribution in [3.05, 3.63) is 65.2 Å². The van der Waals surface area contributed by atoms with Crippen molar-refractivity contribution < 1.29 is 27.8 Å². The summed E-state index contributed by atoms with van der Waals surface area (Å²) in [6, 6.07) is 9.72. The van der Waals surface area contributed by atoms with Crippen LogP contribution in [0.3, 0.4) is 0 Å². The summed E-state index contributed by atoms with van der Waals surface area (Å²) in [7, 11) is 1.57. The maximum Gasteiger partial charge on any atom is 0.306 e. The van der Waals surface area contributed by atoms with E-state index < -0.39 is 36.2 Å². The number of carbonyl (C=O) groups excluding carboxylic acids is 2. The zero-order chi connectivity index (χ0) is 19.8. The lowest BCUT2D eigenvalue weighted by Crippen LogP contribution is -2.31. The molecule has 144 valence electrons. The smallest absolute Gasteiger partial charge is 0.306 e. The summed E-state index contributed by atoms with van der Waals surface area (Å²) in [5.74, 6) is -1.80. The van der Waals surface area contributed by atoms with Gasteiger partial charge in [-0.15, -0.1) is 0 Å². The molecule has 1 N–H and O–H groups in total. The highest BCUT2D eigenvalue weighted by atomic mass is 19.1. The number of rotatable bonds is 8. The molecule has 27 heavy (non-hydrogen) atoms. The van der Waals surface area contributed by atoms with Gasteiger partial charge in [-0.3, -0.25) is 9.59 Å². The lowest BCUT2D eigenvalue weighted by Gasteiger charge is -2.15. The van der Waals surface area contributed by atoms with Crippen LogP contribution in [0.4, 0.5) is 8.78 Å². The first-order valence-corrected chi connectivity index (χ1v) is 8.42. The van der Waals surface area contributed by atoms with Gasteiger partial charge >= 0.3 is 5.97 Å². The van der Waals surface area contributed by atoms with E-state index in [1.165, 1.54) is 6.07 Å². The molecule has 2 rings (SSSR count). The number of carbonyl (C=O) groups is 2. The largest absolute Gasteiger partial charge is 0.497 e. The molecule has 0 saturated carbocycles. The average Bonchev–Trinajstić information content (AvgIpc) is 2.65. The summed E-state index contributed by atoms with van der Waals surface area (Å²) in [5.41, 5.74) is 1.09. The van der Waals surface area contributed by atoms with E-state index in [2.05, 4.69) is 5.32 Å². The molecule has 0 heterocycles. The van der Waals surface area contributed by atoms with Crippen LogP contribution < -0.4 is 10.1 Å². The zero-order valence-electron chi connectivity index (χ0n) is 15.1. The number of methoxy groups -OCH3 is 1. The van der Waals surface area contributed by atoms with Gasteiger partial charge in [-0.05, 0) is 37.1 Å². The third-order valence-corrected chi connectivity index (χ3v) is 3.95. The first-order valence-electron chi connectivity index (χ1n) is 8.42. The second-order valence-corrected chi connectivity index (χ2v) is 5.96. The Hall–Kier alpha value is -2.96. The molecule has 0 aliphatic carbocycles. The summed E-state index contributed by atoms with van der Waals surface area (Å²) >= 11 is 0. The Balaban J connectivity index is 1.74. The first kappa shape index (κ1) is 20.4. The van der Waals surface area contributed by atoms with Crippen LogP contribution in [0.5, 0.6) is 5.75 Å². The number of amides is 1. The number of aryl methyl sites for hydroxylation is 1. The molecule has 0 saturated heterocycles. The Labute approximate surface area is 156 Å². The fourth-order valence-corrected chi connectivity index (χ4v) is 2.47. The molecule has 0 spiro atoms. The molecule has 1 amide bonds. The number of nitrogens with one attached hydrogen (secondary N) is 1. The summed E-state index contributed by atoms with van der Waals surface area (Å²) in [6.45, 7) is 1.09. The molecule has 5 nitrogen and oxygen atoms in total. The lowest BCUT2D eigenvalue weighted by atomic mass is 10.1. The molecule has 0 aliphatic rings. The van der Waals surface area contributed by atoms with Gasteiger partial charge in [0.25, 0.3) is 5.91 Å². The summed E-state index contributed by atoms with van der Waals surface area (Å²) in [5, 5.41) is 2.51. The van der Waals surface area contributed by atoms with E-state index in [0.29, 0.717) is 6.42 Å². The van der Waals surface area contributed by atoms with Crippen LogP contribution in [0, 0.1) is 11.6 Å². The van der Waals surface area contributed by atoms with E-state index in [9.17, 15) is 18.4 Å². The van der Waals surface area contributed by atoms with E-state index in [1.54, 1.807) is 26.2 Å². The fourth-order valence-electron chi connectivity index (χ4n) is 2.47. The van der Waals surface area contributed by atoms with Crippen molar-refractivity contribution in [1.82, 2.24) is 5.32 Å². The SMILES string of the molecule is COc1ccc(CCC(=O)OCC(=O)N[C@H](C)c2ccc(F)cc2F)cc1. The molecule has 0 radical (unpaired) electrons. The Kier molecular flexibility index (Phi) is 7.28. The molecule has 0 aromatic heterocycles. The summed E-state index contributed by atoms with van der Waals surface area (Å²) in [4.78, 5) is 23.6. The van der Waals surface area contributed by atoms with Crippen LogP contribution in [-0.2, 0) is 20.7 Å². The van der Waals surface area contributed by atoms with Gasteiger partial charge in [0.05, 0.1) is 13.2 Å². The van der Waals surface area contributed by atoms with E-state index >= 15 is 0 Å². The van der Waals surface area contributed by atoms with Crippen molar-refractivity contribution >= 4 is 11.9 Å². The van der Waals surface area contributed by atoms with Gasteiger partial charge in [-0.25, -0.2) is 8.78 Å². The fraction of sp³-hybridized carbons (Fsp3) is 0.300. The van der Waals surface area contributed by atoms with Crippen molar-refractivity contribution in [3.63, 3.8) is 0 Å². The van der Waals surface area contributed by atoms with Gasteiger partial charge in [0.2, 0.25) is 0 Å². The van der Waals surface area contributed by atoms with Crippen molar-refractivity contribution in [2.75, 3.05) is 13.7 Å². The van der Waals surface area contributed by atoms with E-state index in [-0.39, 0.29) is 12.0 Å². The molecule has 7 heteroatoms. The zero-order valence-corrected chi connectivity index (χ0v) is 15.1. The minimum atomic E-state index is -0.751. The van der Waals surface area contributed by atoms with Crippen LogP contribution in [-0.4, -0.2) is 25.6 Å². The second kappa shape index (κ2) is 9.66. The first-order chi connectivity index (χ1) is 12.9. The van der Waals surface area contributed by atoms with E-state index in [4.69, 9.17) is 9.47 Å². The van der Waals surface area contributed by atoms with E-state index in [0.717, 1.165) is 23.4 Å². The van der Waals surface area contributed by atoms with Gasteiger partial charge < -0.3 is 14.8 Å². The molecular weight excluding hydrogens is 356 g/mol. The Morgan fingerprint density at radius 1 is 1.11 bits per heavy atom. The number of esters is 1. The second-order valence-electron chi connectivity index (χ2n) is 5.96. The van der Waals surface area contributed by atoms with Crippen LogP contribution in [0.1, 0.15) is 30.5 Å². The maximum atomic E-state index is 13.7.